The molecule has 1 unspecified atom stereocenters. The maximum atomic E-state index is 4.66. The van der Waals surface area contributed by atoms with Gasteiger partial charge in [-0.3, -0.25) is 4.98 Å². The third-order valence-electron chi connectivity index (χ3n) is 4.26. The number of benzene rings is 1. The van der Waals surface area contributed by atoms with Gasteiger partial charge in [0.2, 0.25) is 0 Å². The van der Waals surface area contributed by atoms with Gasteiger partial charge in [0, 0.05) is 40.7 Å². The SMILES string of the molecule is CCC1CNC(C)(C)CN1c1cccc2cc(Br)cnc12. The Bertz CT molecular complexity index is 654. The second kappa shape index (κ2) is 5.58. The van der Waals surface area contributed by atoms with Crippen LogP contribution in [0.15, 0.2) is 34.9 Å². The molecule has 0 spiro atoms. The van der Waals surface area contributed by atoms with Crippen LogP contribution in [-0.2, 0) is 0 Å². The van der Waals surface area contributed by atoms with Gasteiger partial charge in [0.25, 0.3) is 0 Å². The monoisotopic (exact) mass is 347 g/mol. The van der Waals surface area contributed by atoms with Crippen molar-refractivity contribution in [3.63, 3.8) is 0 Å². The Labute approximate surface area is 134 Å². The fourth-order valence-electron chi connectivity index (χ4n) is 3.11. The van der Waals surface area contributed by atoms with Crippen LogP contribution < -0.4 is 10.2 Å². The molecule has 1 atom stereocenters. The maximum Gasteiger partial charge on any atom is 0.0936 e. The van der Waals surface area contributed by atoms with E-state index in [1.165, 1.54) is 11.1 Å². The lowest BCUT2D eigenvalue weighted by atomic mass is 9.96. The van der Waals surface area contributed by atoms with Crippen LogP contribution in [0.2, 0.25) is 0 Å². The summed E-state index contributed by atoms with van der Waals surface area (Å²) in [5.74, 6) is 0. The highest BCUT2D eigenvalue weighted by molar-refractivity contribution is 9.10. The molecule has 3 rings (SSSR count). The molecule has 4 heteroatoms. The lowest BCUT2D eigenvalue weighted by Gasteiger charge is -2.46. The van der Waals surface area contributed by atoms with Gasteiger partial charge >= 0.3 is 0 Å². The summed E-state index contributed by atoms with van der Waals surface area (Å²) in [6.07, 6.45) is 3.02. The Morgan fingerprint density at radius 1 is 1.43 bits per heavy atom. The molecule has 1 aliphatic heterocycles. The maximum absolute atomic E-state index is 4.66. The average molecular weight is 348 g/mol. The van der Waals surface area contributed by atoms with Gasteiger partial charge in [0.05, 0.1) is 11.2 Å². The van der Waals surface area contributed by atoms with E-state index in [9.17, 15) is 0 Å². The van der Waals surface area contributed by atoms with E-state index in [2.05, 4.69) is 76.2 Å². The summed E-state index contributed by atoms with van der Waals surface area (Å²) in [5, 5.41) is 4.83. The molecule has 1 fully saturated rings. The molecule has 0 radical (unpaired) electrons. The van der Waals surface area contributed by atoms with Crippen LogP contribution in [0.1, 0.15) is 27.2 Å². The first kappa shape index (κ1) is 14.8. The molecule has 1 saturated heterocycles. The molecule has 1 aliphatic rings. The van der Waals surface area contributed by atoms with Crippen LogP contribution in [0.5, 0.6) is 0 Å². The molecule has 0 saturated carbocycles. The van der Waals surface area contributed by atoms with Crippen molar-refractivity contribution in [3.8, 4) is 0 Å². The number of hydrogen-bond acceptors (Lipinski definition) is 3. The largest absolute Gasteiger partial charge is 0.364 e. The summed E-state index contributed by atoms with van der Waals surface area (Å²) in [4.78, 5) is 7.19. The zero-order valence-corrected chi connectivity index (χ0v) is 14.4. The third kappa shape index (κ3) is 2.92. The molecule has 21 heavy (non-hydrogen) atoms. The first-order valence-corrected chi connectivity index (χ1v) is 8.35. The first-order chi connectivity index (χ1) is 10.00. The van der Waals surface area contributed by atoms with Gasteiger partial charge < -0.3 is 10.2 Å². The summed E-state index contributed by atoms with van der Waals surface area (Å²) < 4.78 is 1.03. The third-order valence-corrected chi connectivity index (χ3v) is 4.69. The molecule has 3 nitrogen and oxygen atoms in total. The van der Waals surface area contributed by atoms with Crippen molar-refractivity contribution >= 4 is 32.5 Å². The number of fused-ring (bicyclic) bond motifs is 1. The first-order valence-electron chi connectivity index (χ1n) is 7.56. The molecule has 0 aliphatic carbocycles. The van der Waals surface area contributed by atoms with Gasteiger partial charge in [-0.25, -0.2) is 0 Å². The normalized spacial score (nSPS) is 21.7. The van der Waals surface area contributed by atoms with E-state index in [4.69, 9.17) is 0 Å². The standard InChI is InChI=1S/C17H22BrN3/c1-4-14-10-20-17(2,3)11-21(14)15-7-5-6-12-8-13(18)9-19-16(12)15/h5-9,14,20H,4,10-11H2,1-3H3. The molecule has 0 amide bonds. The van der Waals surface area contributed by atoms with Crippen LogP contribution in [-0.4, -0.2) is 29.7 Å². The summed E-state index contributed by atoms with van der Waals surface area (Å²) >= 11 is 3.51. The molecule has 2 aromatic rings. The van der Waals surface area contributed by atoms with E-state index in [1.54, 1.807) is 0 Å². The topological polar surface area (TPSA) is 28.2 Å². The van der Waals surface area contributed by atoms with E-state index in [-0.39, 0.29) is 5.54 Å². The minimum absolute atomic E-state index is 0.128. The number of para-hydroxylation sites is 1. The molecule has 1 aromatic carbocycles. The zero-order chi connectivity index (χ0) is 15.0. The zero-order valence-electron chi connectivity index (χ0n) is 12.9. The Hall–Kier alpha value is -1.13. The van der Waals surface area contributed by atoms with E-state index in [0.717, 1.165) is 29.5 Å². The van der Waals surface area contributed by atoms with Crippen molar-refractivity contribution in [1.29, 1.82) is 0 Å². The van der Waals surface area contributed by atoms with E-state index in [1.807, 2.05) is 6.20 Å². The molecule has 0 bridgehead atoms. The fourth-order valence-corrected chi connectivity index (χ4v) is 3.46. The van der Waals surface area contributed by atoms with Crippen molar-refractivity contribution in [2.45, 2.75) is 38.8 Å². The second-order valence-corrected chi connectivity index (χ2v) is 7.37. The Balaban J connectivity index is 2.09. The number of pyridine rings is 1. The lowest BCUT2D eigenvalue weighted by molar-refractivity contribution is 0.306. The fraction of sp³-hybridized carbons (Fsp3) is 0.471. The molecule has 112 valence electrons. The second-order valence-electron chi connectivity index (χ2n) is 6.46. The van der Waals surface area contributed by atoms with Gasteiger partial charge in [0.1, 0.15) is 0 Å². The number of halogens is 1. The number of rotatable bonds is 2. The van der Waals surface area contributed by atoms with Crippen LogP contribution in [0.4, 0.5) is 5.69 Å². The molecular weight excluding hydrogens is 326 g/mol. The van der Waals surface area contributed by atoms with Crippen molar-refractivity contribution in [2.75, 3.05) is 18.0 Å². The van der Waals surface area contributed by atoms with Gasteiger partial charge in [-0.1, -0.05) is 19.1 Å². The molecule has 2 heterocycles. The Kier molecular flexibility index (Phi) is 3.93. The van der Waals surface area contributed by atoms with Crippen LogP contribution in [0, 0.1) is 0 Å². The van der Waals surface area contributed by atoms with Crippen LogP contribution in [0.25, 0.3) is 10.9 Å². The van der Waals surface area contributed by atoms with Gasteiger partial charge in [-0.05, 0) is 48.3 Å². The predicted octanol–water partition coefficient (Wildman–Crippen LogP) is 3.96. The van der Waals surface area contributed by atoms with Crippen LogP contribution in [0.3, 0.4) is 0 Å². The summed E-state index contributed by atoms with van der Waals surface area (Å²) in [6.45, 7) is 8.81. The lowest BCUT2D eigenvalue weighted by Crippen LogP contribution is -2.61. The van der Waals surface area contributed by atoms with Crippen LogP contribution >= 0.6 is 15.9 Å². The molecule has 1 aromatic heterocycles. The number of hydrogen-bond donors (Lipinski definition) is 1. The Morgan fingerprint density at radius 3 is 3.00 bits per heavy atom. The molecular formula is C17H22BrN3. The summed E-state index contributed by atoms with van der Waals surface area (Å²) in [7, 11) is 0. The predicted molar refractivity (Wildman–Crippen MR) is 92.9 cm³/mol. The van der Waals surface area contributed by atoms with Crippen molar-refractivity contribution in [2.24, 2.45) is 0 Å². The van der Waals surface area contributed by atoms with Crippen molar-refractivity contribution in [3.05, 3.63) is 34.9 Å². The van der Waals surface area contributed by atoms with E-state index >= 15 is 0 Å². The van der Waals surface area contributed by atoms with Crippen molar-refractivity contribution < 1.29 is 0 Å². The number of anilines is 1. The average Bonchev–Trinajstić information content (AvgIpc) is 2.45. The number of aromatic nitrogens is 1. The highest BCUT2D eigenvalue weighted by Crippen LogP contribution is 2.31. The minimum atomic E-state index is 0.128. The van der Waals surface area contributed by atoms with Crippen molar-refractivity contribution in [1.82, 2.24) is 10.3 Å². The highest BCUT2D eigenvalue weighted by atomic mass is 79.9. The smallest absolute Gasteiger partial charge is 0.0936 e. The highest BCUT2D eigenvalue weighted by Gasteiger charge is 2.32. The quantitative estimate of drug-likeness (QED) is 0.890. The number of piperazine rings is 1. The Morgan fingerprint density at radius 2 is 2.24 bits per heavy atom. The van der Waals surface area contributed by atoms with Gasteiger partial charge in [-0.2, -0.15) is 0 Å². The van der Waals surface area contributed by atoms with E-state index < -0.39 is 0 Å². The summed E-state index contributed by atoms with van der Waals surface area (Å²) in [5.41, 5.74) is 2.47. The minimum Gasteiger partial charge on any atom is -0.364 e. The van der Waals surface area contributed by atoms with E-state index in [0.29, 0.717) is 6.04 Å². The summed E-state index contributed by atoms with van der Waals surface area (Å²) in [6, 6.07) is 9.13. The number of nitrogens with one attached hydrogen (secondary N) is 1. The van der Waals surface area contributed by atoms with Gasteiger partial charge in [0.15, 0.2) is 0 Å². The number of nitrogens with zero attached hydrogens (tertiary/aromatic N) is 2. The van der Waals surface area contributed by atoms with Gasteiger partial charge in [-0.15, -0.1) is 0 Å². The molecule has 1 N–H and O–H groups in total.